The number of nitrogens with one attached hydrogen (secondary N) is 1. The Hall–Kier alpha value is -4.00. The molecule has 2 aromatic heterocycles. The predicted molar refractivity (Wildman–Crippen MR) is 121 cm³/mol. The van der Waals surface area contributed by atoms with Gasteiger partial charge in [-0.1, -0.05) is 17.3 Å². The van der Waals surface area contributed by atoms with Crippen LogP contribution in [-0.2, 0) is 17.6 Å². The number of aromatic nitrogens is 3. The first kappa shape index (κ1) is 21.2. The van der Waals surface area contributed by atoms with Crippen LogP contribution >= 0.6 is 0 Å². The molecular formula is C25H24N4O3. The van der Waals surface area contributed by atoms with Crippen molar-refractivity contribution in [3.63, 3.8) is 0 Å². The second-order valence-corrected chi connectivity index (χ2v) is 7.25. The zero-order valence-electron chi connectivity index (χ0n) is 17.8. The summed E-state index contributed by atoms with van der Waals surface area (Å²) in [6, 6.07) is 19.3. The van der Waals surface area contributed by atoms with Gasteiger partial charge in [-0.25, -0.2) is 0 Å². The van der Waals surface area contributed by atoms with Gasteiger partial charge in [-0.05, 0) is 73.0 Å². The molecule has 0 atom stereocenters. The summed E-state index contributed by atoms with van der Waals surface area (Å²) in [6.07, 6.45) is 5.02. The third-order valence-electron chi connectivity index (χ3n) is 4.85. The van der Waals surface area contributed by atoms with Crippen molar-refractivity contribution >= 4 is 11.6 Å². The number of carbonyl (C=O) groups is 1. The SMILES string of the molecule is CCOc1ccc(-c2noc(CCC(=O)Nc3ccc(Cc4ccncc4)cc3)n2)cc1. The monoisotopic (exact) mass is 428 g/mol. The van der Waals surface area contributed by atoms with E-state index in [9.17, 15) is 4.79 Å². The minimum atomic E-state index is -0.104. The van der Waals surface area contributed by atoms with E-state index in [4.69, 9.17) is 9.26 Å². The molecule has 1 amide bonds. The molecule has 2 heterocycles. The lowest BCUT2D eigenvalue weighted by Crippen LogP contribution is -2.12. The smallest absolute Gasteiger partial charge is 0.227 e. The van der Waals surface area contributed by atoms with E-state index in [0.717, 1.165) is 23.4 Å². The maximum atomic E-state index is 12.3. The number of anilines is 1. The number of ether oxygens (including phenoxy) is 1. The van der Waals surface area contributed by atoms with Gasteiger partial charge in [0.05, 0.1) is 6.61 Å². The number of benzene rings is 2. The molecule has 1 N–H and O–H groups in total. The fourth-order valence-corrected chi connectivity index (χ4v) is 3.23. The number of nitrogens with zero attached hydrogens (tertiary/aromatic N) is 3. The second-order valence-electron chi connectivity index (χ2n) is 7.25. The van der Waals surface area contributed by atoms with Crippen LogP contribution in [0.1, 0.15) is 30.4 Å². The summed E-state index contributed by atoms with van der Waals surface area (Å²) in [5.41, 5.74) is 3.96. The number of hydrogen-bond donors (Lipinski definition) is 1. The lowest BCUT2D eigenvalue weighted by molar-refractivity contribution is -0.116. The van der Waals surface area contributed by atoms with E-state index in [1.807, 2.05) is 67.6 Å². The molecule has 7 heteroatoms. The Morgan fingerprint density at radius 2 is 1.69 bits per heavy atom. The van der Waals surface area contributed by atoms with Crippen molar-refractivity contribution in [1.29, 1.82) is 0 Å². The average molecular weight is 428 g/mol. The highest BCUT2D eigenvalue weighted by molar-refractivity contribution is 5.90. The summed E-state index contributed by atoms with van der Waals surface area (Å²) >= 11 is 0. The quantitative estimate of drug-likeness (QED) is 0.416. The molecule has 0 aliphatic heterocycles. The van der Waals surface area contributed by atoms with Crippen molar-refractivity contribution in [2.75, 3.05) is 11.9 Å². The Kier molecular flexibility index (Phi) is 6.87. The Morgan fingerprint density at radius 3 is 2.41 bits per heavy atom. The Bertz CT molecular complexity index is 1140. The molecule has 0 saturated carbocycles. The number of carbonyl (C=O) groups excluding carboxylic acids is 1. The standard InChI is InChI=1S/C25H24N4O3/c1-2-31-22-9-5-20(6-10-22)25-28-24(32-29-25)12-11-23(30)27-21-7-3-18(4-8-21)17-19-13-15-26-16-14-19/h3-10,13-16H,2,11-12,17H2,1H3,(H,27,30). The molecule has 4 aromatic rings. The van der Waals surface area contributed by atoms with Crippen molar-refractivity contribution in [1.82, 2.24) is 15.1 Å². The van der Waals surface area contributed by atoms with Crippen molar-refractivity contribution < 1.29 is 14.1 Å². The largest absolute Gasteiger partial charge is 0.494 e. The Balaban J connectivity index is 1.27. The Labute approximate surface area is 186 Å². The number of hydrogen-bond acceptors (Lipinski definition) is 6. The van der Waals surface area contributed by atoms with Gasteiger partial charge in [-0.15, -0.1) is 0 Å². The zero-order chi connectivity index (χ0) is 22.2. The molecule has 32 heavy (non-hydrogen) atoms. The maximum Gasteiger partial charge on any atom is 0.227 e. The van der Waals surface area contributed by atoms with Crippen molar-refractivity contribution in [3.05, 3.63) is 90.1 Å². The van der Waals surface area contributed by atoms with E-state index in [1.165, 1.54) is 11.1 Å². The Morgan fingerprint density at radius 1 is 0.969 bits per heavy atom. The third-order valence-corrected chi connectivity index (χ3v) is 4.85. The molecule has 0 radical (unpaired) electrons. The number of rotatable bonds is 9. The number of amides is 1. The van der Waals surface area contributed by atoms with Crippen LogP contribution in [0, 0.1) is 0 Å². The normalized spacial score (nSPS) is 10.7. The van der Waals surface area contributed by atoms with Crippen LogP contribution in [0.25, 0.3) is 11.4 Å². The summed E-state index contributed by atoms with van der Waals surface area (Å²) in [5, 5.41) is 6.91. The van der Waals surface area contributed by atoms with Gasteiger partial charge in [-0.2, -0.15) is 4.98 Å². The first-order valence-electron chi connectivity index (χ1n) is 10.5. The fourth-order valence-electron chi connectivity index (χ4n) is 3.23. The summed E-state index contributed by atoms with van der Waals surface area (Å²) in [7, 11) is 0. The van der Waals surface area contributed by atoms with Gasteiger partial charge in [0.2, 0.25) is 17.6 Å². The highest BCUT2D eigenvalue weighted by atomic mass is 16.5. The fraction of sp³-hybridized carbons (Fsp3) is 0.200. The van der Waals surface area contributed by atoms with Gasteiger partial charge in [0.15, 0.2) is 0 Å². The van der Waals surface area contributed by atoms with Crippen molar-refractivity contribution in [3.8, 4) is 17.1 Å². The molecule has 4 rings (SSSR count). The van der Waals surface area contributed by atoms with E-state index in [1.54, 1.807) is 12.4 Å². The van der Waals surface area contributed by atoms with Gasteiger partial charge in [-0.3, -0.25) is 9.78 Å². The first-order chi connectivity index (χ1) is 15.7. The van der Waals surface area contributed by atoms with Crippen LogP contribution in [0.3, 0.4) is 0 Å². The molecule has 2 aromatic carbocycles. The van der Waals surface area contributed by atoms with Gasteiger partial charge in [0.1, 0.15) is 5.75 Å². The van der Waals surface area contributed by atoms with Crippen LogP contribution in [0.15, 0.2) is 77.6 Å². The summed E-state index contributed by atoms with van der Waals surface area (Å²) in [5.74, 6) is 1.61. The third kappa shape index (κ3) is 5.78. The number of pyridine rings is 1. The lowest BCUT2D eigenvalue weighted by Gasteiger charge is -2.06. The van der Waals surface area contributed by atoms with E-state index >= 15 is 0 Å². The minimum absolute atomic E-state index is 0.104. The van der Waals surface area contributed by atoms with E-state index in [-0.39, 0.29) is 12.3 Å². The molecular weight excluding hydrogens is 404 g/mol. The van der Waals surface area contributed by atoms with E-state index < -0.39 is 0 Å². The lowest BCUT2D eigenvalue weighted by atomic mass is 10.1. The summed E-state index contributed by atoms with van der Waals surface area (Å²) in [4.78, 5) is 20.7. The van der Waals surface area contributed by atoms with Crippen LogP contribution in [0.4, 0.5) is 5.69 Å². The topological polar surface area (TPSA) is 90.1 Å². The van der Waals surface area contributed by atoms with Crippen LogP contribution in [0.5, 0.6) is 5.75 Å². The highest BCUT2D eigenvalue weighted by Crippen LogP contribution is 2.20. The number of aryl methyl sites for hydroxylation is 1. The molecule has 0 unspecified atom stereocenters. The highest BCUT2D eigenvalue weighted by Gasteiger charge is 2.11. The molecule has 0 spiro atoms. The molecule has 162 valence electrons. The molecule has 0 aliphatic rings. The molecule has 0 bridgehead atoms. The molecule has 0 fully saturated rings. The van der Waals surface area contributed by atoms with Crippen molar-refractivity contribution in [2.45, 2.75) is 26.2 Å². The van der Waals surface area contributed by atoms with E-state index in [2.05, 4.69) is 20.4 Å². The molecule has 7 nitrogen and oxygen atoms in total. The zero-order valence-corrected chi connectivity index (χ0v) is 17.8. The van der Waals surface area contributed by atoms with E-state index in [0.29, 0.717) is 24.7 Å². The van der Waals surface area contributed by atoms with Crippen molar-refractivity contribution in [2.24, 2.45) is 0 Å². The van der Waals surface area contributed by atoms with Gasteiger partial charge in [0, 0.05) is 36.5 Å². The van der Waals surface area contributed by atoms with Gasteiger partial charge in [0.25, 0.3) is 0 Å². The summed E-state index contributed by atoms with van der Waals surface area (Å²) < 4.78 is 10.7. The first-order valence-corrected chi connectivity index (χ1v) is 10.5. The molecule has 0 saturated heterocycles. The summed E-state index contributed by atoms with van der Waals surface area (Å²) in [6.45, 7) is 2.55. The van der Waals surface area contributed by atoms with Gasteiger partial charge < -0.3 is 14.6 Å². The van der Waals surface area contributed by atoms with Gasteiger partial charge >= 0.3 is 0 Å². The van der Waals surface area contributed by atoms with Crippen LogP contribution < -0.4 is 10.1 Å². The second kappa shape index (κ2) is 10.3. The minimum Gasteiger partial charge on any atom is -0.494 e. The predicted octanol–water partition coefficient (Wildman–Crippen LogP) is 4.69. The van der Waals surface area contributed by atoms with Crippen LogP contribution in [0.2, 0.25) is 0 Å². The van der Waals surface area contributed by atoms with Crippen LogP contribution in [-0.4, -0.2) is 27.6 Å². The molecule has 0 aliphatic carbocycles. The average Bonchev–Trinajstić information content (AvgIpc) is 3.30. The maximum absolute atomic E-state index is 12.3.